The predicted molar refractivity (Wildman–Crippen MR) is 247 cm³/mol. The molecule has 0 spiro atoms. The molecule has 1 amide bonds. The van der Waals surface area contributed by atoms with Gasteiger partial charge in [0.05, 0.1) is 39.9 Å². The number of quaternary nitrogens is 1. The van der Waals surface area contributed by atoms with Crippen molar-refractivity contribution in [2.45, 2.75) is 231 Å². The Hall–Kier alpha value is -1.28. The van der Waals surface area contributed by atoms with Crippen molar-refractivity contribution in [1.29, 1.82) is 0 Å². The molecule has 0 saturated heterocycles. The average molecular weight is 839 g/mol. The van der Waals surface area contributed by atoms with E-state index in [1.165, 1.54) is 148 Å². The zero-order valence-corrected chi connectivity index (χ0v) is 39.6. The fourth-order valence-electron chi connectivity index (χ4n) is 6.94. The summed E-state index contributed by atoms with van der Waals surface area (Å²) < 4.78 is 23.2. The Morgan fingerprint density at radius 1 is 0.586 bits per heavy atom. The van der Waals surface area contributed by atoms with Crippen molar-refractivity contribution < 1.29 is 32.9 Å². The third-order valence-electron chi connectivity index (χ3n) is 10.8. The Labute approximate surface area is 359 Å². The van der Waals surface area contributed by atoms with Crippen molar-refractivity contribution >= 4 is 13.7 Å². The molecule has 9 heteroatoms. The van der Waals surface area contributed by atoms with E-state index in [4.69, 9.17) is 9.05 Å². The maximum absolute atomic E-state index is 12.9. The SMILES string of the molecule is CCCC/C=C/CC/C=C/CC/C=C/C(O)C(COP(=O)([O-])OCC[N+](C)(C)C)NC(=O)CCCCCCCCCCCCCCCCCCCCCCCCCC. The van der Waals surface area contributed by atoms with Crippen LogP contribution in [0, 0.1) is 0 Å². The molecule has 0 radical (unpaired) electrons. The lowest BCUT2D eigenvalue weighted by Gasteiger charge is -2.29. The zero-order chi connectivity index (χ0) is 42.8. The smallest absolute Gasteiger partial charge is 0.268 e. The summed E-state index contributed by atoms with van der Waals surface area (Å²) in [6.45, 7) is 4.58. The number of allylic oxidation sites excluding steroid dienone is 5. The Morgan fingerprint density at radius 2 is 0.966 bits per heavy atom. The number of rotatable bonds is 44. The minimum absolute atomic E-state index is 0.00795. The van der Waals surface area contributed by atoms with Gasteiger partial charge in [0.2, 0.25) is 5.91 Å². The number of carbonyl (C=O) groups is 1. The highest BCUT2D eigenvalue weighted by molar-refractivity contribution is 7.45. The van der Waals surface area contributed by atoms with E-state index >= 15 is 0 Å². The normalized spacial score (nSPS) is 14.5. The molecule has 0 aromatic heterocycles. The van der Waals surface area contributed by atoms with Gasteiger partial charge in [-0.3, -0.25) is 9.36 Å². The Morgan fingerprint density at radius 3 is 1.38 bits per heavy atom. The fraction of sp³-hybridized carbons (Fsp3) is 0.857. The van der Waals surface area contributed by atoms with Gasteiger partial charge >= 0.3 is 0 Å². The van der Waals surface area contributed by atoms with Crippen molar-refractivity contribution in [2.75, 3.05) is 40.9 Å². The summed E-state index contributed by atoms with van der Waals surface area (Å²) in [6.07, 6.45) is 50.7. The molecule has 0 saturated carbocycles. The summed E-state index contributed by atoms with van der Waals surface area (Å²) in [5.74, 6) is -0.210. The van der Waals surface area contributed by atoms with Gasteiger partial charge in [0.15, 0.2) is 0 Å². The lowest BCUT2D eigenvalue weighted by Crippen LogP contribution is -2.45. The number of aliphatic hydroxyl groups is 1. The second kappa shape index (κ2) is 41.1. The van der Waals surface area contributed by atoms with E-state index in [0.29, 0.717) is 17.4 Å². The van der Waals surface area contributed by atoms with Crippen molar-refractivity contribution in [3.05, 3.63) is 36.5 Å². The van der Waals surface area contributed by atoms with Crippen LogP contribution in [-0.2, 0) is 18.4 Å². The number of phosphoric acid groups is 1. The lowest BCUT2D eigenvalue weighted by molar-refractivity contribution is -0.870. The van der Waals surface area contributed by atoms with E-state index in [2.05, 4.69) is 43.5 Å². The molecule has 0 fully saturated rings. The number of nitrogens with zero attached hydrogens (tertiary/aromatic N) is 1. The van der Waals surface area contributed by atoms with Gasteiger partial charge in [0.25, 0.3) is 7.82 Å². The van der Waals surface area contributed by atoms with Crippen LogP contribution in [0.4, 0.5) is 0 Å². The molecule has 3 unspecified atom stereocenters. The largest absolute Gasteiger partial charge is 0.756 e. The van der Waals surface area contributed by atoms with Crippen LogP contribution >= 0.6 is 7.82 Å². The van der Waals surface area contributed by atoms with Crippen LogP contribution in [0.25, 0.3) is 0 Å². The van der Waals surface area contributed by atoms with Crippen LogP contribution in [0.5, 0.6) is 0 Å². The molecule has 2 N–H and O–H groups in total. The zero-order valence-electron chi connectivity index (χ0n) is 38.8. The second-order valence-corrected chi connectivity index (χ2v) is 19.2. The molecule has 0 rings (SSSR count). The van der Waals surface area contributed by atoms with Crippen molar-refractivity contribution in [3.63, 3.8) is 0 Å². The first-order chi connectivity index (χ1) is 28.0. The van der Waals surface area contributed by atoms with Gasteiger partial charge in [-0.05, 0) is 38.5 Å². The third-order valence-corrected chi connectivity index (χ3v) is 11.8. The number of likely N-dealkylation sites (N-methyl/N-ethyl adjacent to an activating group) is 1. The highest BCUT2D eigenvalue weighted by Crippen LogP contribution is 2.38. The third kappa shape index (κ3) is 42.8. The maximum Gasteiger partial charge on any atom is 0.268 e. The lowest BCUT2D eigenvalue weighted by atomic mass is 10.0. The summed E-state index contributed by atoms with van der Waals surface area (Å²) >= 11 is 0. The van der Waals surface area contributed by atoms with Gasteiger partial charge in [-0.25, -0.2) is 0 Å². The first kappa shape index (κ1) is 56.7. The van der Waals surface area contributed by atoms with E-state index in [1.54, 1.807) is 6.08 Å². The second-order valence-electron chi connectivity index (χ2n) is 17.8. The van der Waals surface area contributed by atoms with Crippen LogP contribution in [0.1, 0.15) is 219 Å². The molecule has 0 aromatic carbocycles. The molecule has 58 heavy (non-hydrogen) atoms. The monoisotopic (exact) mass is 839 g/mol. The van der Waals surface area contributed by atoms with E-state index in [1.807, 2.05) is 27.2 Å². The van der Waals surface area contributed by atoms with Crippen LogP contribution in [0.2, 0.25) is 0 Å². The molecule has 342 valence electrons. The highest BCUT2D eigenvalue weighted by atomic mass is 31.2. The number of amides is 1. The van der Waals surface area contributed by atoms with E-state index in [9.17, 15) is 19.4 Å². The molecule has 0 aliphatic heterocycles. The first-order valence-electron chi connectivity index (χ1n) is 24.4. The Kier molecular flexibility index (Phi) is 40.2. The molecule has 0 heterocycles. The first-order valence-corrected chi connectivity index (χ1v) is 25.8. The van der Waals surface area contributed by atoms with E-state index < -0.39 is 26.6 Å². The Bertz CT molecular complexity index is 1040. The molecule has 8 nitrogen and oxygen atoms in total. The molecule has 0 aromatic rings. The van der Waals surface area contributed by atoms with Gasteiger partial charge in [0, 0.05) is 6.42 Å². The minimum Gasteiger partial charge on any atom is -0.756 e. The number of aliphatic hydroxyl groups excluding tert-OH is 1. The van der Waals surface area contributed by atoms with Gasteiger partial charge < -0.3 is 28.8 Å². The summed E-state index contributed by atoms with van der Waals surface area (Å²) in [6, 6.07) is -0.905. The van der Waals surface area contributed by atoms with Gasteiger partial charge in [-0.1, -0.05) is 211 Å². The molecular formula is C49H95N2O6P. The summed E-state index contributed by atoms with van der Waals surface area (Å²) in [5.41, 5.74) is 0. The van der Waals surface area contributed by atoms with E-state index in [-0.39, 0.29) is 12.5 Å². The number of unbranched alkanes of at least 4 members (excludes halogenated alkanes) is 27. The summed E-state index contributed by atoms with van der Waals surface area (Å²) in [4.78, 5) is 25.3. The molecular weight excluding hydrogens is 744 g/mol. The molecule has 0 aliphatic carbocycles. The van der Waals surface area contributed by atoms with Crippen molar-refractivity contribution in [2.24, 2.45) is 0 Å². The average Bonchev–Trinajstić information content (AvgIpc) is 3.17. The van der Waals surface area contributed by atoms with Gasteiger partial charge in [0.1, 0.15) is 13.2 Å². The standard InChI is InChI=1S/C49H95N2O6P/c1-6-8-10-12-14-16-18-20-21-22-23-24-25-26-27-28-29-30-31-33-35-37-39-41-43-49(53)50-47(46-57-58(54,55)56-45-44-51(3,4)5)48(52)42-40-38-36-34-32-19-17-15-13-11-9-7-2/h13,15,32,34,40,42,47-48,52H,6-12,14,16-31,33,35-39,41,43-46H2,1-5H3,(H-,50,53,54,55)/b15-13+,34-32+,42-40+. The predicted octanol–water partition coefficient (Wildman–Crippen LogP) is 13.2. The molecule has 3 atom stereocenters. The van der Waals surface area contributed by atoms with Crippen LogP contribution < -0.4 is 10.2 Å². The number of hydrogen-bond acceptors (Lipinski definition) is 6. The number of hydrogen-bond donors (Lipinski definition) is 2. The van der Waals surface area contributed by atoms with Crippen molar-refractivity contribution in [1.82, 2.24) is 5.32 Å². The van der Waals surface area contributed by atoms with Crippen LogP contribution in [-0.4, -0.2) is 68.5 Å². The minimum atomic E-state index is -4.60. The maximum atomic E-state index is 12.9. The summed E-state index contributed by atoms with van der Waals surface area (Å²) in [5, 5.41) is 13.7. The highest BCUT2D eigenvalue weighted by Gasteiger charge is 2.23. The quantitative estimate of drug-likeness (QED) is 0.0274. The van der Waals surface area contributed by atoms with E-state index in [0.717, 1.165) is 51.4 Å². The van der Waals surface area contributed by atoms with Crippen LogP contribution in [0.15, 0.2) is 36.5 Å². The van der Waals surface area contributed by atoms with Gasteiger partial charge in [-0.15, -0.1) is 0 Å². The molecule has 0 bridgehead atoms. The van der Waals surface area contributed by atoms with Gasteiger partial charge in [-0.2, -0.15) is 0 Å². The fourth-order valence-corrected chi connectivity index (χ4v) is 7.66. The number of carbonyl (C=O) groups excluding carboxylic acids is 1. The number of phosphoric ester groups is 1. The van der Waals surface area contributed by atoms with Crippen LogP contribution in [0.3, 0.4) is 0 Å². The molecule has 0 aliphatic rings. The van der Waals surface area contributed by atoms with Crippen molar-refractivity contribution in [3.8, 4) is 0 Å². The summed E-state index contributed by atoms with van der Waals surface area (Å²) in [7, 11) is 1.24. The topological polar surface area (TPSA) is 108 Å². The Balaban J connectivity index is 4.22. The number of nitrogens with one attached hydrogen (secondary N) is 1.